The zero-order valence-electron chi connectivity index (χ0n) is 10.3. The summed E-state index contributed by atoms with van der Waals surface area (Å²) in [4.78, 5) is 0. The van der Waals surface area contributed by atoms with Crippen molar-refractivity contribution in [3.8, 4) is 5.75 Å². The molecule has 0 saturated heterocycles. The molecule has 0 aromatic heterocycles. The highest BCUT2D eigenvalue weighted by molar-refractivity contribution is 5.33. The number of nitrogens with one attached hydrogen (secondary N) is 1. The summed E-state index contributed by atoms with van der Waals surface area (Å²) in [5, 5.41) is 3.37. The molecule has 0 radical (unpaired) electrons. The van der Waals surface area contributed by atoms with Gasteiger partial charge < -0.3 is 14.8 Å². The lowest BCUT2D eigenvalue weighted by Crippen LogP contribution is -2.22. The molecule has 0 saturated carbocycles. The standard InChI is InChI=1S/C13H21NO2/c1-4-15-10-16-13-8-6-5-7-12(13)9-14-11(2)3/h5-8,11,14H,4,9-10H2,1-3H3. The van der Waals surface area contributed by atoms with Gasteiger partial charge in [-0.3, -0.25) is 0 Å². The van der Waals surface area contributed by atoms with E-state index < -0.39 is 0 Å². The number of ether oxygens (including phenoxy) is 2. The van der Waals surface area contributed by atoms with Gasteiger partial charge in [-0.05, 0) is 13.0 Å². The zero-order chi connectivity index (χ0) is 11.8. The molecule has 0 aliphatic rings. The number of para-hydroxylation sites is 1. The maximum atomic E-state index is 5.55. The smallest absolute Gasteiger partial charge is 0.189 e. The lowest BCUT2D eigenvalue weighted by molar-refractivity contribution is 0.0218. The summed E-state index contributed by atoms with van der Waals surface area (Å²) in [5.74, 6) is 0.893. The second kappa shape index (κ2) is 7.25. The molecule has 0 aliphatic carbocycles. The van der Waals surface area contributed by atoms with Gasteiger partial charge in [0.05, 0.1) is 0 Å². The highest BCUT2D eigenvalue weighted by atomic mass is 16.7. The molecule has 0 amide bonds. The Kier molecular flexibility index (Phi) is 5.90. The normalized spacial score (nSPS) is 10.8. The molecule has 3 heteroatoms. The molecule has 0 bridgehead atoms. The van der Waals surface area contributed by atoms with Crippen LogP contribution in [-0.4, -0.2) is 19.4 Å². The van der Waals surface area contributed by atoms with Crippen LogP contribution >= 0.6 is 0 Å². The van der Waals surface area contributed by atoms with Crippen molar-refractivity contribution >= 4 is 0 Å². The molecule has 0 fully saturated rings. The second-order valence-corrected chi connectivity index (χ2v) is 3.90. The number of rotatable bonds is 7. The van der Waals surface area contributed by atoms with Gasteiger partial charge >= 0.3 is 0 Å². The lowest BCUT2D eigenvalue weighted by atomic mass is 10.2. The molecule has 0 heterocycles. The van der Waals surface area contributed by atoms with Crippen molar-refractivity contribution < 1.29 is 9.47 Å². The first-order valence-corrected chi connectivity index (χ1v) is 5.76. The number of hydrogen-bond donors (Lipinski definition) is 1. The van der Waals surface area contributed by atoms with E-state index in [4.69, 9.17) is 9.47 Å². The van der Waals surface area contributed by atoms with Crippen LogP contribution in [0, 0.1) is 0 Å². The average molecular weight is 223 g/mol. The molecule has 0 unspecified atom stereocenters. The van der Waals surface area contributed by atoms with Crippen molar-refractivity contribution in [2.75, 3.05) is 13.4 Å². The van der Waals surface area contributed by atoms with Crippen LogP contribution in [0.1, 0.15) is 26.3 Å². The van der Waals surface area contributed by atoms with Crippen molar-refractivity contribution in [2.24, 2.45) is 0 Å². The van der Waals surface area contributed by atoms with Crippen molar-refractivity contribution in [3.63, 3.8) is 0 Å². The second-order valence-electron chi connectivity index (χ2n) is 3.90. The highest BCUT2D eigenvalue weighted by Gasteiger charge is 2.03. The number of hydrogen-bond acceptors (Lipinski definition) is 3. The van der Waals surface area contributed by atoms with Gasteiger partial charge in [-0.1, -0.05) is 32.0 Å². The molecular weight excluding hydrogens is 202 g/mol. The molecule has 3 nitrogen and oxygen atoms in total. The monoisotopic (exact) mass is 223 g/mol. The van der Waals surface area contributed by atoms with Crippen LogP contribution in [0.15, 0.2) is 24.3 Å². The molecule has 0 aliphatic heterocycles. The molecule has 1 N–H and O–H groups in total. The van der Waals surface area contributed by atoms with Crippen LogP contribution in [0.2, 0.25) is 0 Å². The minimum atomic E-state index is 0.315. The molecule has 16 heavy (non-hydrogen) atoms. The van der Waals surface area contributed by atoms with E-state index in [1.54, 1.807) is 0 Å². The predicted octanol–water partition coefficient (Wildman–Crippen LogP) is 2.56. The Morgan fingerprint density at radius 3 is 2.69 bits per heavy atom. The van der Waals surface area contributed by atoms with E-state index in [0.29, 0.717) is 19.4 Å². The molecule has 1 aromatic rings. The van der Waals surface area contributed by atoms with Gasteiger partial charge in [-0.2, -0.15) is 0 Å². The Morgan fingerprint density at radius 1 is 1.25 bits per heavy atom. The van der Waals surface area contributed by atoms with E-state index in [9.17, 15) is 0 Å². The van der Waals surface area contributed by atoms with Gasteiger partial charge in [0.15, 0.2) is 6.79 Å². The largest absolute Gasteiger partial charge is 0.467 e. The first-order chi connectivity index (χ1) is 7.74. The summed E-state index contributed by atoms with van der Waals surface area (Å²) >= 11 is 0. The Morgan fingerprint density at radius 2 is 2.00 bits per heavy atom. The van der Waals surface area contributed by atoms with E-state index in [2.05, 4.69) is 25.2 Å². The van der Waals surface area contributed by atoms with Gasteiger partial charge in [-0.15, -0.1) is 0 Å². The fraction of sp³-hybridized carbons (Fsp3) is 0.538. The van der Waals surface area contributed by atoms with Crippen LogP contribution < -0.4 is 10.1 Å². The summed E-state index contributed by atoms with van der Waals surface area (Å²) in [5.41, 5.74) is 1.16. The van der Waals surface area contributed by atoms with Gasteiger partial charge in [-0.25, -0.2) is 0 Å². The third-order valence-corrected chi connectivity index (χ3v) is 2.18. The van der Waals surface area contributed by atoms with Crippen LogP contribution in [0.4, 0.5) is 0 Å². The van der Waals surface area contributed by atoms with Crippen LogP contribution in [-0.2, 0) is 11.3 Å². The maximum Gasteiger partial charge on any atom is 0.189 e. The van der Waals surface area contributed by atoms with E-state index in [1.165, 1.54) is 0 Å². The van der Waals surface area contributed by atoms with E-state index in [1.807, 2.05) is 25.1 Å². The summed E-state index contributed by atoms with van der Waals surface area (Å²) < 4.78 is 10.7. The first kappa shape index (κ1) is 13.0. The van der Waals surface area contributed by atoms with E-state index in [0.717, 1.165) is 17.9 Å². The van der Waals surface area contributed by atoms with Gasteiger partial charge in [0.2, 0.25) is 0 Å². The summed E-state index contributed by atoms with van der Waals surface area (Å²) in [6, 6.07) is 8.50. The van der Waals surface area contributed by atoms with Crippen LogP contribution in [0.25, 0.3) is 0 Å². The van der Waals surface area contributed by atoms with Crippen molar-refractivity contribution in [1.82, 2.24) is 5.32 Å². The molecular formula is C13H21NO2. The Labute approximate surface area is 97.8 Å². The Balaban J connectivity index is 2.53. The molecule has 1 rings (SSSR count). The SMILES string of the molecule is CCOCOc1ccccc1CNC(C)C. The maximum absolute atomic E-state index is 5.55. The fourth-order valence-electron chi connectivity index (χ4n) is 1.29. The topological polar surface area (TPSA) is 30.5 Å². The Bertz CT molecular complexity index is 300. The average Bonchev–Trinajstić information content (AvgIpc) is 2.28. The minimum Gasteiger partial charge on any atom is -0.467 e. The van der Waals surface area contributed by atoms with Gasteiger partial charge in [0, 0.05) is 24.8 Å². The van der Waals surface area contributed by atoms with Crippen molar-refractivity contribution in [3.05, 3.63) is 29.8 Å². The van der Waals surface area contributed by atoms with Gasteiger partial charge in [0.1, 0.15) is 5.75 Å². The lowest BCUT2D eigenvalue weighted by Gasteiger charge is -2.13. The van der Waals surface area contributed by atoms with Crippen LogP contribution in [0.5, 0.6) is 5.75 Å². The molecule has 1 aromatic carbocycles. The number of benzene rings is 1. The van der Waals surface area contributed by atoms with Crippen LogP contribution in [0.3, 0.4) is 0 Å². The molecule has 0 atom stereocenters. The van der Waals surface area contributed by atoms with Gasteiger partial charge in [0.25, 0.3) is 0 Å². The summed E-state index contributed by atoms with van der Waals surface area (Å²) in [6.07, 6.45) is 0. The van der Waals surface area contributed by atoms with E-state index in [-0.39, 0.29) is 0 Å². The van der Waals surface area contributed by atoms with Crippen molar-refractivity contribution in [1.29, 1.82) is 0 Å². The highest BCUT2D eigenvalue weighted by Crippen LogP contribution is 2.17. The quantitative estimate of drug-likeness (QED) is 0.569. The van der Waals surface area contributed by atoms with E-state index >= 15 is 0 Å². The van der Waals surface area contributed by atoms with Crippen molar-refractivity contribution in [2.45, 2.75) is 33.4 Å². The minimum absolute atomic E-state index is 0.315. The fourth-order valence-corrected chi connectivity index (χ4v) is 1.29. The first-order valence-electron chi connectivity index (χ1n) is 5.76. The Hall–Kier alpha value is -1.06. The molecule has 90 valence electrons. The zero-order valence-corrected chi connectivity index (χ0v) is 10.3. The summed E-state index contributed by atoms with van der Waals surface area (Å²) in [7, 11) is 0. The summed E-state index contributed by atoms with van der Waals surface area (Å²) in [6.45, 7) is 8.02. The third kappa shape index (κ3) is 4.64. The molecule has 0 spiro atoms. The third-order valence-electron chi connectivity index (χ3n) is 2.18. The predicted molar refractivity (Wildman–Crippen MR) is 65.5 cm³/mol.